The number of unbranched alkanes of at least 4 members (excludes halogenated alkanes) is 1. The van der Waals surface area contributed by atoms with Gasteiger partial charge in [-0.1, -0.05) is 0 Å². The minimum Gasteiger partial charge on any atom is -0.477 e. The number of aromatic carboxylic acids is 1. The van der Waals surface area contributed by atoms with E-state index in [9.17, 15) is 9.59 Å². The number of aromatic nitrogens is 1. The van der Waals surface area contributed by atoms with Gasteiger partial charge in [0.1, 0.15) is 5.56 Å². The molecule has 1 N–H and O–H groups in total. The molecule has 0 saturated heterocycles. The second-order valence-electron chi connectivity index (χ2n) is 4.82. The average Bonchev–Trinajstić information content (AvgIpc) is 2.30. The molecule has 19 heavy (non-hydrogen) atoms. The summed E-state index contributed by atoms with van der Waals surface area (Å²) in [6, 6.07) is 1.37. The molecule has 1 aromatic rings. The summed E-state index contributed by atoms with van der Waals surface area (Å²) in [7, 11) is 0. The minimum absolute atomic E-state index is 0.177. The molecule has 0 amide bonds. The molecular weight excluding hydrogens is 246 g/mol. The zero-order valence-corrected chi connectivity index (χ0v) is 11.7. The highest BCUT2D eigenvalue weighted by Crippen LogP contribution is 2.03. The molecule has 0 spiro atoms. The summed E-state index contributed by atoms with van der Waals surface area (Å²) >= 11 is 0. The van der Waals surface area contributed by atoms with Gasteiger partial charge in [-0.25, -0.2) is 4.79 Å². The van der Waals surface area contributed by atoms with Crippen molar-refractivity contribution < 1.29 is 14.6 Å². The van der Waals surface area contributed by atoms with Gasteiger partial charge in [-0.3, -0.25) is 4.79 Å². The number of rotatable bonds is 7. The van der Waals surface area contributed by atoms with Crippen molar-refractivity contribution in [1.29, 1.82) is 0 Å². The van der Waals surface area contributed by atoms with Crippen molar-refractivity contribution in [3.8, 4) is 0 Å². The Morgan fingerprint density at radius 2 is 2.11 bits per heavy atom. The van der Waals surface area contributed by atoms with E-state index in [1.54, 1.807) is 11.5 Å². The fourth-order valence-corrected chi connectivity index (χ4v) is 1.78. The summed E-state index contributed by atoms with van der Waals surface area (Å²) in [6.07, 6.45) is 3.44. The first kappa shape index (κ1) is 15.4. The van der Waals surface area contributed by atoms with Crippen LogP contribution in [-0.2, 0) is 11.3 Å². The second-order valence-corrected chi connectivity index (χ2v) is 4.82. The largest absolute Gasteiger partial charge is 0.477 e. The lowest BCUT2D eigenvalue weighted by Gasteiger charge is -2.12. The number of ether oxygens (including phenoxy) is 1. The molecule has 1 heterocycles. The molecule has 0 aliphatic rings. The van der Waals surface area contributed by atoms with E-state index in [0.29, 0.717) is 13.2 Å². The molecule has 0 fully saturated rings. The summed E-state index contributed by atoms with van der Waals surface area (Å²) in [5.41, 5.74) is 0.160. The standard InChI is InChI=1S/C14H21NO4/c1-10(2)19-7-5-4-6-15-9-12(14(17)18)13(16)8-11(15)3/h8-10H,4-7H2,1-3H3,(H,17,18). The number of pyridine rings is 1. The third kappa shape index (κ3) is 4.87. The first-order chi connectivity index (χ1) is 8.91. The van der Waals surface area contributed by atoms with Gasteiger partial charge >= 0.3 is 5.97 Å². The van der Waals surface area contributed by atoms with Crippen molar-refractivity contribution in [3.05, 3.63) is 33.7 Å². The molecule has 106 valence electrons. The van der Waals surface area contributed by atoms with Crippen molar-refractivity contribution in [2.45, 2.75) is 46.3 Å². The molecule has 0 atom stereocenters. The Labute approximate surface area is 112 Å². The van der Waals surface area contributed by atoms with Crippen LogP contribution in [0.4, 0.5) is 0 Å². The third-order valence-electron chi connectivity index (χ3n) is 2.82. The van der Waals surface area contributed by atoms with Gasteiger partial charge in [-0.2, -0.15) is 0 Å². The van der Waals surface area contributed by atoms with E-state index in [1.165, 1.54) is 12.3 Å². The van der Waals surface area contributed by atoms with Crippen LogP contribution >= 0.6 is 0 Å². The van der Waals surface area contributed by atoms with Crippen molar-refractivity contribution in [3.63, 3.8) is 0 Å². The predicted molar refractivity (Wildman–Crippen MR) is 72.7 cm³/mol. The van der Waals surface area contributed by atoms with Gasteiger partial charge in [0.2, 0.25) is 0 Å². The smallest absolute Gasteiger partial charge is 0.341 e. The Balaban J connectivity index is 2.61. The number of aryl methyl sites for hydroxylation is 2. The molecule has 1 aromatic heterocycles. The molecule has 5 heteroatoms. The Hall–Kier alpha value is -1.62. The van der Waals surface area contributed by atoms with Crippen molar-refractivity contribution in [2.24, 2.45) is 0 Å². The van der Waals surface area contributed by atoms with Crippen LogP contribution in [0.1, 0.15) is 42.7 Å². The molecule has 0 unspecified atom stereocenters. The maximum absolute atomic E-state index is 11.5. The lowest BCUT2D eigenvalue weighted by atomic mass is 10.2. The number of carboxylic acid groups (broad SMARTS) is 1. The second kappa shape index (κ2) is 7.09. The molecule has 0 aliphatic carbocycles. The van der Waals surface area contributed by atoms with Crippen molar-refractivity contribution in [2.75, 3.05) is 6.61 Å². The van der Waals surface area contributed by atoms with Crippen molar-refractivity contribution >= 4 is 5.97 Å². The first-order valence-corrected chi connectivity index (χ1v) is 6.47. The monoisotopic (exact) mass is 267 g/mol. The van der Waals surface area contributed by atoms with E-state index in [-0.39, 0.29) is 11.7 Å². The maximum Gasteiger partial charge on any atom is 0.341 e. The Bertz CT molecular complexity index is 491. The predicted octanol–water partition coefficient (Wildman–Crippen LogP) is 2.06. The zero-order chi connectivity index (χ0) is 14.4. The van der Waals surface area contributed by atoms with Gasteiger partial charge in [0.05, 0.1) is 6.10 Å². The summed E-state index contributed by atoms with van der Waals surface area (Å²) in [5.74, 6) is -1.18. The van der Waals surface area contributed by atoms with Crippen LogP contribution in [-0.4, -0.2) is 28.4 Å². The maximum atomic E-state index is 11.5. The van der Waals surface area contributed by atoms with Gasteiger partial charge in [0.15, 0.2) is 5.43 Å². The molecule has 0 radical (unpaired) electrons. The first-order valence-electron chi connectivity index (χ1n) is 6.47. The van der Waals surface area contributed by atoms with E-state index in [0.717, 1.165) is 18.5 Å². The van der Waals surface area contributed by atoms with Crippen LogP contribution in [0.2, 0.25) is 0 Å². The van der Waals surface area contributed by atoms with E-state index in [4.69, 9.17) is 9.84 Å². The topological polar surface area (TPSA) is 68.5 Å². The Morgan fingerprint density at radius 3 is 2.68 bits per heavy atom. The van der Waals surface area contributed by atoms with Crippen LogP contribution in [0.15, 0.2) is 17.1 Å². The Kier molecular flexibility index (Phi) is 5.76. The van der Waals surface area contributed by atoms with Gasteiger partial charge in [-0.05, 0) is 33.6 Å². The molecule has 5 nitrogen and oxygen atoms in total. The lowest BCUT2D eigenvalue weighted by Crippen LogP contribution is -2.19. The zero-order valence-electron chi connectivity index (χ0n) is 11.7. The van der Waals surface area contributed by atoms with Crippen LogP contribution in [0, 0.1) is 6.92 Å². The van der Waals surface area contributed by atoms with Crippen molar-refractivity contribution in [1.82, 2.24) is 4.57 Å². The summed E-state index contributed by atoms with van der Waals surface area (Å²) in [4.78, 5) is 22.4. The highest BCUT2D eigenvalue weighted by atomic mass is 16.5. The average molecular weight is 267 g/mol. The molecule has 0 aliphatic heterocycles. The van der Waals surface area contributed by atoms with E-state index in [2.05, 4.69) is 0 Å². The van der Waals surface area contributed by atoms with Gasteiger partial charge in [-0.15, -0.1) is 0 Å². The van der Waals surface area contributed by atoms with E-state index in [1.807, 2.05) is 13.8 Å². The third-order valence-corrected chi connectivity index (χ3v) is 2.82. The van der Waals surface area contributed by atoms with E-state index < -0.39 is 11.4 Å². The van der Waals surface area contributed by atoms with Gasteiger partial charge in [0, 0.05) is 31.1 Å². The Morgan fingerprint density at radius 1 is 1.42 bits per heavy atom. The fraction of sp³-hybridized carbons (Fsp3) is 0.571. The summed E-state index contributed by atoms with van der Waals surface area (Å²) < 4.78 is 7.24. The van der Waals surface area contributed by atoms with Gasteiger partial charge in [0.25, 0.3) is 0 Å². The summed E-state index contributed by atoms with van der Waals surface area (Å²) in [6.45, 7) is 7.17. The molecule has 0 saturated carbocycles. The van der Waals surface area contributed by atoms with Crippen LogP contribution in [0.25, 0.3) is 0 Å². The number of carboxylic acids is 1. The highest BCUT2D eigenvalue weighted by Gasteiger charge is 2.10. The lowest BCUT2D eigenvalue weighted by molar-refractivity contribution is 0.0693. The number of hydrogen-bond donors (Lipinski definition) is 1. The van der Waals surface area contributed by atoms with E-state index >= 15 is 0 Å². The van der Waals surface area contributed by atoms with Crippen LogP contribution in [0.5, 0.6) is 0 Å². The van der Waals surface area contributed by atoms with Gasteiger partial charge < -0.3 is 14.4 Å². The fourth-order valence-electron chi connectivity index (χ4n) is 1.78. The molecule has 0 bridgehead atoms. The molecule has 0 aromatic carbocycles. The quantitative estimate of drug-likeness (QED) is 0.768. The van der Waals surface area contributed by atoms with Crippen LogP contribution < -0.4 is 5.43 Å². The SMILES string of the molecule is Cc1cc(=O)c(C(=O)O)cn1CCCCOC(C)C. The number of hydrogen-bond acceptors (Lipinski definition) is 3. The summed E-state index contributed by atoms with van der Waals surface area (Å²) in [5, 5.41) is 8.92. The highest BCUT2D eigenvalue weighted by molar-refractivity contribution is 5.87. The number of carbonyl (C=O) groups is 1. The van der Waals surface area contributed by atoms with Crippen LogP contribution in [0.3, 0.4) is 0 Å². The minimum atomic E-state index is -1.18. The number of nitrogens with zero attached hydrogens (tertiary/aromatic N) is 1. The normalized spacial score (nSPS) is 10.9. The molecular formula is C14H21NO4. The molecule has 1 rings (SSSR count).